The molecule has 0 radical (unpaired) electrons. The molecule has 1 saturated carbocycles. The predicted molar refractivity (Wildman–Crippen MR) is 127 cm³/mol. The third-order valence-corrected chi connectivity index (χ3v) is 8.19. The zero-order valence-corrected chi connectivity index (χ0v) is 19.6. The smallest absolute Gasteiger partial charge is 0.236 e. The lowest BCUT2D eigenvalue weighted by Crippen LogP contribution is -2.39. The Balaban J connectivity index is 1.50. The lowest BCUT2D eigenvalue weighted by Gasteiger charge is -2.28. The van der Waals surface area contributed by atoms with Gasteiger partial charge in [-0.2, -0.15) is 0 Å². The fraction of sp³-hybridized carbons (Fsp3) is 0.348. The standard InChI is InChI=1S/C23H25FN4O2S2/c1-3-23(4-2,20-14-31-22(27-20)28-32(30)19-9-10-19)21(29)26-18-7-5-15(6-8-18)16-11-17(24)13-25-12-16/h5-8,11-14,19H,3-4,9-10H2,1-2H3,(H,26,29)(H,27,28). The molecule has 1 unspecified atom stereocenters. The van der Waals surface area contributed by atoms with Crippen LogP contribution in [0.4, 0.5) is 15.2 Å². The Hall–Kier alpha value is -2.65. The van der Waals surface area contributed by atoms with Gasteiger partial charge in [0, 0.05) is 22.8 Å². The molecule has 32 heavy (non-hydrogen) atoms. The summed E-state index contributed by atoms with van der Waals surface area (Å²) in [5, 5.41) is 5.67. The van der Waals surface area contributed by atoms with Crippen molar-refractivity contribution in [3.8, 4) is 11.1 Å². The second kappa shape index (κ2) is 9.46. The molecule has 1 aromatic carbocycles. The molecule has 0 bridgehead atoms. The second-order valence-electron chi connectivity index (χ2n) is 7.85. The SMILES string of the molecule is CCC(CC)(C(=O)Nc1ccc(-c2cncc(F)c2)cc1)c1csc(NS(=O)C2CC2)n1. The highest BCUT2D eigenvalue weighted by atomic mass is 32.2. The number of anilines is 2. The molecule has 1 aliphatic rings. The molecule has 4 rings (SSSR count). The largest absolute Gasteiger partial charge is 0.325 e. The molecule has 168 valence electrons. The van der Waals surface area contributed by atoms with E-state index in [1.807, 2.05) is 31.4 Å². The summed E-state index contributed by atoms with van der Waals surface area (Å²) in [7, 11) is -1.12. The zero-order valence-electron chi connectivity index (χ0n) is 17.9. The number of aromatic nitrogens is 2. The highest BCUT2D eigenvalue weighted by molar-refractivity contribution is 7.87. The lowest BCUT2D eigenvalue weighted by atomic mass is 9.78. The second-order valence-corrected chi connectivity index (χ2v) is 10.2. The van der Waals surface area contributed by atoms with Crippen LogP contribution in [0.5, 0.6) is 0 Å². The molecule has 6 nitrogen and oxygen atoms in total. The van der Waals surface area contributed by atoms with E-state index in [-0.39, 0.29) is 11.2 Å². The Morgan fingerprint density at radius 2 is 1.91 bits per heavy atom. The average molecular weight is 473 g/mol. The molecule has 3 aromatic rings. The van der Waals surface area contributed by atoms with Crippen LogP contribution in [0, 0.1) is 5.82 Å². The third-order valence-electron chi connectivity index (χ3n) is 5.83. The molecule has 1 fully saturated rings. The topological polar surface area (TPSA) is 84.0 Å². The van der Waals surface area contributed by atoms with Gasteiger partial charge in [-0.3, -0.25) is 14.5 Å². The van der Waals surface area contributed by atoms with Gasteiger partial charge in [0.15, 0.2) is 5.13 Å². The summed E-state index contributed by atoms with van der Waals surface area (Å²) in [5.74, 6) is -0.531. The summed E-state index contributed by atoms with van der Waals surface area (Å²) >= 11 is 1.37. The first-order chi connectivity index (χ1) is 15.4. The Bertz CT molecular complexity index is 1130. The minimum absolute atomic E-state index is 0.136. The van der Waals surface area contributed by atoms with E-state index >= 15 is 0 Å². The number of nitrogens with zero attached hydrogens (tertiary/aromatic N) is 2. The maximum atomic E-state index is 13.4. The van der Waals surface area contributed by atoms with Gasteiger partial charge in [-0.15, -0.1) is 11.3 Å². The van der Waals surface area contributed by atoms with Crippen molar-refractivity contribution in [2.24, 2.45) is 0 Å². The molecule has 9 heteroatoms. The van der Waals surface area contributed by atoms with Crippen molar-refractivity contribution >= 4 is 39.0 Å². The van der Waals surface area contributed by atoms with E-state index in [1.165, 1.54) is 17.4 Å². The van der Waals surface area contributed by atoms with E-state index in [4.69, 9.17) is 0 Å². The highest BCUT2D eigenvalue weighted by Crippen LogP contribution is 2.36. The fourth-order valence-corrected chi connectivity index (χ4v) is 5.65. The Labute approximate surface area is 193 Å². The van der Waals surface area contributed by atoms with Gasteiger partial charge in [0.2, 0.25) is 5.91 Å². The Kier molecular flexibility index (Phi) is 6.66. The van der Waals surface area contributed by atoms with E-state index in [0.29, 0.717) is 34.9 Å². The molecule has 0 aliphatic heterocycles. The number of benzene rings is 1. The molecule has 0 saturated heterocycles. The van der Waals surface area contributed by atoms with Gasteiger partial charge in [0.05, 0.1) is 22.6 Å². The normalized spacial score (nSPS) is 14.7. The van der Waals surface area contributed by atoms with Crippen LogP contribution in [0.15, 0.2) is 48.1 Å². The molecule has 1 atom stereocenters. The summed E-state index contributed by atoms with van der Waals surface area (Å²) in [6, 6.07) is 8.65. The average Bonchev–Trinajstić information content (AvgIpc) is 3.55. The van der Waals surface area contributed by atoms with Crippen LogP contribution in [-0.4, -0.2) is 25.3 Å². The zero-order chi connectivity index (χ0) is 22.7. The van der Waals surface area contributed by atoms with Crippen molar-refractivity contribution in [1.82, 2.24) is 9.97 Å². The van der Waals surface area contributed by atoms with Crippen molar-refractivity contribution in [2.75, 3.05) is 10.0 Å². The first-order valence-corrected chi connectivity index (χ1v) is 12.7. The van der Waals surface area contributed by atoms with E-state index < -0.39 is 22.2 Å². The molecular weight excluding hydrogens is 447 g/mol. The van der Waals surface area contributed by atoms with Gasteiger partial charge >= 0.3 is 0 Å². The molecule has 2 aromatic heterocycles. The number of carbonyl (C=O) groups is 1. The van der Waals surface area contributed by atoms with Crippen LogP contribution < -0.4 is 10.0 Å². The van der Waals surface area contributed by atoms with E-state index in [0.717, 1.165) is 24.6 Å². The minimum atomic E-state index is -1.12. The third kappa shape index (κ3) is 4.73. The number of thiazole rings is 1. The van der Waals surface area contributed by atoms with Crippen molar-refractivity contribution < 1.29 is 13.4 Å². The van der Waals surface area contributed by atoms with E-state index in [2.05, 4.69) is 20.0 Å². The predicted octanol–water partition coefficient (Wildman–Crippen LogP) is 5.28. The number of carbonyl (C=O) groups excluding carboxylic acids is 1. The van der Waals surface area contributed by atoms with Crippen molar-refractivity contribution in [1.29, 1.82) is 0 Å². The number of amides is 1. The summed E-state index contributed by atoms with van der Waals surface area (Å²) in [4.78, 5) is 21.8. The van der Waals surface area contributed by atoms with Crippen molar-refractivity contribution in [2.45, 2.75) is 50.2 Å². The molecule has 0 spiro atoms. The first kappa shape index (κ1) is 22.5. The Morgan fingerprint density at radius 3 is 2.53 bits per heavy atom. The van der Waals surface area contributed by atoms with E-state index in [9.17, 15) is 13.4 Å². The van der Waals surface area contributed by atoms with Crippen LogP contribution >= 0.6 is 11.3 Å². The molecular formula is C23H25FN4O2S2. The summed E-state index contributed by atoms with van der Waals surface area (Å²) in [6.45, 7) is 3.94. The lowest BCUT2D eigenvalue weighted by molar-refractivity contribution is -0.122. The number of hydrogen-bond acceptors (Lipinski definition) is 5. The maximum Gasteiger partial charge on any atom is 0.236 e. The van der Waals surface area contributed by atoms with Crippen LogP contribution in [0.1, 0.15) is 45.2 Å². The van der Waals surface area contributed by atoms with Crippen LogP contribution in [0.25, 0.3) is 11.1 Å². The summed E-state index contributed by atoms with van der Waals surface area (Å²) < 4.78 is 28.6. The number of pyridine rings is 1. The van der Waals surface area contributed by atoms with Gasteiger partial charge in [0.25, 0.3) is 0 Å². The number of halogens is 1. The van der Waals surface area contributed by atoms with Crippen LogP contribution in [-0.2, 0) is 21.2 Å². The fourth-order valence-electron chi connectivity index (χ4n) is 3.61. The molecule has 1 amide bonds. The molecule has 2 N–H and O–H groups in total. The van der Waals surface area contributed by atoms with Crippen molar-refractivity contribution in [3.63, 3.8) is 0 Å². The minimum Gasteiger partial charge on any atom is -0.325 e. The van der Waals surface area contributed by atoms with Crippen molar-refractivity contribution in [3.05, 3.63) is 59.6 Å². The summed E-state index contributed by atoms with van der Waals surface area (Å²) in [5.41, 5.74) is 2.03. The first-order valence-electron chi connectivity index (χ1n) is 10.6. The maximum absolute atomic E-state index is 13.4. The van der Waals surface area contributed by atoms with Gasteiger partial charge in [-0.05, 0) is 49.4 Å². The number of rotatable bonds is 9. The molecule has 2 heterocycles. The van der Waals surface area contributed by atoms with Gasteiger partial charge in [0.1, 0.15) is 16.8 Å². The monoisotopic (exact) mass is 472 g/mol. The highest BCUT2D eigenvalue weighted by Gasteiger charge is 2.39. The van der Waals surface area contributed by atoms with Crippen LogP contribution in [0.2, 0.25) is 0 Å². The van der Waals surface area contributed by atoms with Gasteiger partial charge in [-0.1, -0.05) is 26.0 Å². The number of hydrogen-bond donors (Lipinski definition) is 2. The van der Waals surface area contributed by atoms with E-state index in [1.54, 1.807) is 18.3 Å². The summed E-state index contributed by atoms with van der Waals surface area (Å²) in [6.07, 6.45) is 5.87. The van der Waals surface area contributed by atoms with Gasteiger partial charge in [-0.25, -0.2) is 13.6 Å². The number of nitrogens with one attached hydrogen (secondary N) is 2. The quantitative estimate of drug-likeness (QED) is 0.444. The molecule has 1 aliphatic carbocycles. The van der Waals surface area contributed by atoms with Crippen LogP contribution in [0.3, 0.4) is 0 Å². The van der Waals surface area contributed by atoms with Gasteiger partial charge < -0.3 is 5.32 Å². The Morgan fingerprint density at radius 1 is 1.19 bits per heavy atom.